The molecule has 1 aliphatic rings. The number of rotatable bonds is 4. The first-order valence-electron chi connectivity index (χ1n) is 10.9. The summed E-state index contributed by atoms with van der Waals surface area (Å²) in [6.07, 6.45) is 3.31. The van der Waals surface area contributed by atoms with Gasteiger partial charge in [0.25, 0.3) is 10.0 Å². The normalized spacial score (nSPS) is 12.7. The van der Waals surface area contributed by atoms with E-state index in [1.165, 1.54) is 25.3 Å². The van der Waals surface area contributed by atoms with Gasteiger partial charge < -0.3 is 4.74 Å². The van der Waals surface area contributed by atoms with E-state index in [0.717, 1.165) is 32.4 Å². The van der Waals surface area contributed by atoms with Gasteiger partial charge >= 0.3 is 0 Å². The fourth-order valence-electron chi connectivity index (χ4n) is 3.84. The zero-order valence-electron chi connectivity index (χ0n) is 19.6. The van der Waals surface area contributed by atoms with Gasteiger partial charge in [-0.05, 0) is 35.9 Å². The van der Waals surface area contributed by atoms with Crippen LogP contribution in [-0.2, 0) is 10.0 Å². The maximum Gasteiger partial charge on any atom is 0.273 e. The fourth-order valence-corrected chi connectivity index (χ4v) is 5.83. The van der Waals surface area contributed by atoms with Crippen molar-refractivity contribution >= 4 is 40.5 Å². The van der Waals surface area contributed by atoms with Crippen LogP contribution < -0.4 is 9.04 Å². The van der Waals surface area contributed by atoms with Gasteiger partial charge in [0, 0.05) is 28.9 Å². The third kappa shape index (κ3) is 4.05. The molecule has 0 aliphatic carbocycles. The maximum atomic E-state index is 14.3. The third-order valence-electron chi connectivity index (χ3n) is 5.52. The van der Waals surface area contributed by atoms with Crippen molar-refractivity contribution in [2.75, 3.05) is 11.4 Å². The molecule has 6 nitrogen and oxygen atoms in total. The van der Waals surface area contributed by atoms with E-state index in [2.05, 4.69) is 41.1 Å². The summed E-state index contributed by atoms with van der Waals surface area (Å²) in [6, 6.07) is 12.9. The summed E-state index contributed by atoms with van der Waals surface area (Å²) in [5, 5.41) is 0.888. The third-order valence-corrected chi connectivity index (χ3v) is 8.11. The number of fused-ring (bicyclic) bond motifs is 2. The summed E-state index contributed by atoms with van der Waals surface area (Å²) in [5.74, 6) is 3.06. The Hall–Kier alpha value is -3.74. The quantitative estimate of drug-likeness (QED) is 0.209. The van der Waals surface area contributed by atoms with E-state index in [1.54, 1.807) is 12.4 Å². The highest BCUT2D eigenvalue weighted by molar-refractivity contribution is 7.93. The number of aromatic nitrogens is 2. The number of anilines is 2. The minimum atomic E-state index is -4.16. The first-order chi connectivity index (χ1) is 16.6. The van der Waals surface area contributed by atoms with Crippen LogP contribution in [0.3, 0.4) is 0 Å². The molecule has 2 aromatic heterocycles. The molecule has 0 saturated carbocycles. The molecule has 0 atom stereocenters. The average molecular weight is 504 g/mol. The fraction of sp³-hybridized carbons (Fsp3) is 0.154. The van der Waals surface area contributed by atoms with E-state index < -0.39 is 28.8 Å². The molecular weight excluding hydrogens is 481 g/mol. The lowest BCUT2D eigenvalue weighted by molar-refractivity contribution is 0.419. The number of ether oxygens (including phenoxy) is 1. The number of hydrogen-bond acceptors (Lipinski definition) is 5. The van der Waals surface area contributed by atoms with Gasteiger partial charge in [-0.2, -0.15) is 0 Å². The molecule has 0 N–H and O–H groups in total. The number of sulfonamides is 1. The lowest BCUT2D eigenvalue weighted by Crippen LogP contribution is -2.16. The minimum Gasteiger partial charge on any atom is -0.494 e. The second kappa shape index (κ2) is 8.18. The summed E-state index contributed by atoms with van der Waals surface area (Å²) < 4.78 is 47.2. The zero-order chi connectivity index (χ0) is 25.0. The van der Waals surface area contributed by atoms with E-state index in [4.69, 9.17) is 4.74 Å². The SMILES string of the molecule is COc1c(-c2ccc3nccc(C#C[Si](C)(C)C)c3c2)cnc2c1N2S(=O)(=O)c1ccccc1F. The lowest BCUT2D eigenvalue weighted by atomic mass is 10.0. The van der Waals surface area contributed by atoms with Crippen molar-refractivity contribution in [3.05, 3.63) is 72.3 Å². The Labute approximate surface area is 204 Å². The van der Waals surface area contributed by atoms with Gasteiger partial charge in [0.1, 0.15) is 24.5 Å². The molecular formula is C26H22FN3O3SSi. The van der Waals surface area contributed by atoms with Crippen molar-refractivity contribution in [1.82, 2.24) is 9.97 Å². The van der Waals surface area contributed by atoms with Gasteiger partial charge in [-0.1, -0.05) is 43.8 Å². The number of pyridine rings is 2. The second-order valence-corrected chi connectivity index (χ2v) is 15.7. The molecule has 9 heteroatoms. The summed E-state index contributed by atoms with van der Waals surface area (Å²) in [7, 11) is -4.27. The Morgan fingerprint density at radius 3 is 2.54 bits per heavy atom. The van der Waals surface area contributed by atoms with Crippen molar-refractivity contribution in [2.24, 2.45) is 0 Å². The van der Waals surface area contributed by atoms with Gasteiger partial charge in [-0.3, -0.25) is 4.98 Å². The Kier molecular flexibility index (Phi) is 5.38. The van der Waals surface area contributed by atoms with Crippen molar-refractivity contribution in [3.8, 4) is 28.3 Å². The van der Waals surface area contributed by atoms with Gasteiger partial charge in [-0.15, -0.1) is 5.54 Å². The first kappa shape index (κ1) is 23.0. The molecule has 0 fully saturated rings. The molecule has 0 saturated heterocycles. The summed E-state index contributed by atoms with van der Waals surface area (Å²) in [5.41, 5.74) is 6.78. The van der Waals surface area contributed by atoms with Crippen molar-refractivity contribution in [1.29, 1.82) is 0 Å². The summed E-state index contributed by atoms with van der Waals surface area (Å²) in [6.45, 7) is 6.56. The van der Waals surface area contributed by atoms with Gasteiger partial charge in [0.15, 0.2) is 11.6 Å². The van der Waals surface area contributed by atoms with Gasteiger partial charge in [0.2, 0.25) is 0 Å². The van der Waals surface area contributed by atoms with E-state index in [-0.39, 0.29) is 5.82 Å². The predicted octanol–water partition coefficient (Wildman–Crippen LogP) is 5.51. The molecule has 0 amide bonds. The largest absolute Gasteiger partial charge is 0.494 e. The molecule has 0 unspecified atom stereocenters. The summed E-state index contributed by atoms with van der Waals surface area (Å²) in [4.78, 5) is 8.38. The van der Waals surface area contributed by atoms with Crippen LogP contribution in [0.1, 0.15) is 5.56 Å². The molecule has 1 aliphatic heterocycles. The van der Waals surface area contributed by atoms with Gasteiger partial charge in [0.05, 0.1) is 12.6 Å². The monoisotopic (exact) mass is 503 g/mol. The first-order valence-corrected chi connectivity index (χ1v) is 15.8. The molecule has 0 spiro atoms. The van der Waals surface area contributed by atoms with E-state index >= 15 is 0 Å². The van der Waals surface area contributed by atoms with E-state index in [9.17, 15) is 12.8 Å². The Bertz CT molecular complexity index is 1670. The van der Waals surface area contributed by atoms with Crippen LogP contribution in [0.15, 0.2) is 65.8 Å². The maximum absolute atomic E-state index is 14.3. The van der Waals surface area contributed by atoms with Crippen LogP contribution in [0.5, 0.6) is 5.75 Å². The van der Waals surface area contributed by atoms with E-state index in [1.807, 2.05) is 24.3 Å². The highest BCUT2D eigenvalue weighted by atomic mass is 32.2. The minimum absolute atomic E-state index is 0.220. The number of hydrogen-bond donors (Lipinski definition) is 0. The number of nitrogens with zero attached hydrogens (tertiary/aromatic N) is 3. The highest BCUT2D eigenvalue weighted by Crippen LogP contribution is 2.58. The molecule has 0 radical (unpaired) electrons. The average Bonchev–Trinajstić information content (AvgIpc) is 3.57. The number of benzene rings is 2. The van der Waals surface area contributed by atoms with Crippen LogP contribution in [0.2, 0.25) is 19.6 Å². The van der Waals surface area contributed by atoms with Crippen LogP contribution in [-0.4, -0.2) is 33.6 Å². The summed E-state index contributed by atoms with van der Waals surface area (Å²) >= 11 is 0. The molecule has 5 rings (SSSR count). The smallest absolute Gasteiger partial charge is 0.273 e. The van der Waals surface area contributed by atoms with Crippen molar-refractivity contribution in [3.63, 3.8) is 0 Å². The van der Waals surface area contributed by atoms with Crippen LogP contribution in [0.4, 0.5) is 15.9 Å². The van der Waals surface area contributed by atoms with Crippen LogP contribution in [0, 0.1) is 17.3 Å². The molecule has 2 aromatic carbocycles. The zero-order valence-corrected chi connectivity index (χ0v) is 21.4. The predicted molar refractivity (Wildman–Crippen MR) is 137 cm³/mol. The lowest BCUT2D eigenvalue weighted by Gasteiger charge is -2.10. The Balaban J connectivity index is 1.61. The molecule has 0 bridgehead atoms. The molecule has 176 valence electrons. The number of methoxy groups -OCH3 is 1. The van der Waals surface area contributed by atoms with Crippen molar-refractivity contribution in [2.45, 2.75) is 24.5 Å². The molecule has 35 heavy (non-hydrogen) atoms. The number of halogens is 1. The topological polar surface area (TPSA) is 72.2 Å². The Morgan fingerprint density at radius 2 is 1.83 bits per heavy atom. The van der Waals surface area contributed by atoms with E-state index in [0.29, 0.717) is 17.0 Å². The molecule has 4 aromatic rings. The second-order valence-electron chi connectivity index (χ2n) is 9.17. The highest BCUT2D eigenvalue weighted by Gasteiger charge is 2.47. The van der Waals surface area contributed by atoms with Crippen LogP contribution >= 0.6 is 0 Å². The Morgan fingerprint density at radius 1 is 1.06 bits per heavy atom. The molecule has 3 heterocycles. The standard InChI is InChI=1S/C26H22FN3O3SSi/c1-33-25-20(16-29-26-24(25)30(26)34(31,32)23-8-6-5-7-21(23)27)18-9-10-22-19(15-18)17(11-13-28-22)12-14-35(2,3)4/h5-11,13,15-16H,1-4H3. The van der Waals surface area contributed by atoms with Crippen molar-refractivity contribution < 1.29 is 17.5 Å². The van der Waals surface area contributed by atoms with Crippen LogP contribution in [0.25, 0.3) is 22.0 Å². The van der Waals surface area contributed by atoms with Gasteiger partial charge in [-0.25, -0.2) is 22.1 Å².